The molecule has 0 atom stereocenters. The fourth-order valence-electron chi connectivity index (χ4n) is 4.99. The van der Waals surface area contributed by atoms with Crippen molar-refractivity contribution in [1.82, 2.24) is 19.1 Å². The number of halogens is 1. The standard InChI is InChI=1S/C28H30FN5O2/c1-19-8-4-5-9-21(19)24-18-26-31(3)20(2)22(28(36)34(26)30-24)12-13-27(35)33-16-14-32(15-17-33)25-11-7-6-10-23(25)29/h4-11,18H,12-17H2,1-3H3. The zero-order valence-electron chi connectivity index (χ0n) is 20.9. The lowest BCUT2D eigenvalue weighted by Crippen LogP contribution is -2.49. The minimum Gasteiger partial charge on any atom is -0.366 e. The molecule has 1 fully saturated rings. The van der Waals surface area contributed by atoms with Gasteiger partial charge >= 0.3 is 0 Å². The van der Waals surface area contributed by atoms with Crippen LogP contribution in [-0.4, -0.2) is 51.2 Å². The summed E-state index contributed by atoms with van der Waals surface area (Å²) < 4.78 is 17.5. The second-order valence-corrected chi connectivity index (χ2v) is 9.36. The maximum atomic E-state index is 14.1. The Hall–Kier alpha value is -3.94. The van der Waals surface area contributed by atoms with Gasteiger partial charge in [0, 0.05) is 62.5 Å². The molecular formula is C28H30FN5O2. The van der Waals surface area contributed by atoms with Gasteiger partial charge in [0.05, 0.1) is 11.4 Å². The van der Waals surface area contributed by atoms with Crippen LogP contribution in [-0.2, 0) is 18.3 Å². The van der Waals surface area contributed by atoms with E-state index in [1.807, 2.05) is 66.8 Å². The molecule has 36 heavy (non-hydrogen) atoms. The van der Waals surface area contributed by atoms with E-state index < -0.39 is 0 Å². The molecule has 0 saturated carbocycles. The quantitative estimate of drug-likeness (QED) is 0.430. The van der Waals surface area contributed by atoms with E-state index in [0.29, 0.717) is 43.9 Å². The van der Waals surface area contributed by atoms with Crippen molar-refractivity contribution in [1.29, 1.82) is 0 Å². The number of rotatable bonds is 5. The summed E-state index contributed by atoms with van der Waals surface area (Å²) in [5, 5.41) is 4.62. The molecule has 186 valence electrons. The van der Waals surface area contributed by atoms with Crippen LogP contribution in [0.15, 0.2) is 59.4 Å². The summed E-state index contributed by atoms with van der Waals surface area (Å²) in [7, 11) is 1.92. The zero-order valence-corrected chi connectivity index (χ0v) is 20.9. The fraction of sp³-hybridized carbons (Fsp3) is 0.321. The molecule has 8 heteroatoms. The molecule has 0 N–H and O–H groups in total. The second kappa shape index (κ2) is 9.60. The normalized spacial score (nSPS) is 14.0. The van der Waals surface area contributed by atoms with Gasteiger partial charge in [0.1, 0.15) is 11.5 Å². The predicted octanol–water partition coefficient (Wildman–Crippen LogP) is 3.74. The van der Waals surface area contributed by atoms with Crippen LogP contribution in [0.25, 0.3) is 16.9 Å². The third-order valence-electron chi connectivity index (χ3n) is 7.26. The van der Waals surface area contributed by atoms with E-state index in [1.165, 1.54) is 10.6 Å². The van der Waals surface area contributed by atoms with Crippen LogP contribution in [0.2, 0.25) is 0 Å². The van der Waals surface area contributed by atoms with E-state index >= 15 is 0 Å². The van der Waals surface area contributed by atoms with Crippen LogP contribution in [0.1, 0.15) is 23.2 Å². The minimum atomic E-state index is -0.247. The molecule has 0 radical (unpaired) electrons. The third-order valence-corrected chi connectivity index (χ3v) is 7.26. The number of para-hydroxylation sites is 1. The summed E-state index contributed by atoms with van der Waals surface area (Å²) in [6.07, 6.45) is 0.591. The lowest BCUT2D eigenvalue weighted by atomic mass is 10.1. The first-order chi connectivity index (χ1) is 17.3. The Morgan fingerprint density at radius 2 is 1.69 bits per heavy atom. The number of hydrogen-bond acceptors (Lipinski definition) is 4. The Balaban J connectivity index is 1.31. The lowest BCUT2D eigenvalue weighted by molar-refractivity contribution is -0.131. The van der Waals surface area contributed by atoms with Crippen molar-refractivity contribution in [2.75, 3.05) is 31.1 Å². The summed E-state index contributed by atoms with van der Waals surface area (Å²) >= 11 is 0. The van der Waals surface area contributed by atoms with Crippen molar-refractivity contribution in [2.24, 2.45) is 7.05 Å². The molecule has 3 heterocycles. The molecule has 1 aliphatic rings. The van der Waals surface area contributed by atoms with Crippen molar-refractivity contribution >= 4 is 17.2 Å². The van der Waals surface area contributed by atoms with E-state index in [1.54, 1.807) is 17.0 Å². The van der Waals surface area contributed by atoms with E-state index in [9.17, 15) is 14.0 Å². The van der Waals surface area contributed by atoms with Gasteiger partial charge in [0.25, 0.3) is 5.56 Å². The number of aromatic nitrogens is 3. The molecule has 1 aliphatic heterocycles. The first kappa shape index (κ1) is 23.8. The van der Waals surface area contributed by atoms with Gasteiger partial charge in [0.15, 0.2) is 0 Å². The summed E-state index contributed by atoms with van der Waals surface area (Å²) in [6.45, 7) is 6.15. The third kappa shape index (κ3) is 4.27. The fourth-order valence-corrected chi connectivity index (χ4v) is 4.99. The van der Waals surface area contributed by atoms with Crippen molar-refractivity contribution in [2.45, 2.75) is 26.7 Å². The Morgan fingerprint density at radius 1 is 1.00 bits per heavy atom. The highest BCUT2D eigenvalue weighted by Gasteiger charge is 2.24. The van der Waals surface area contributed by atoms with Crippen molar-refractivity contribution in [3.8, 4) is 11.3 Å². The number of carbonyl (C=O) groups is 1. The largest absolute Gasteiger partial charge is 0.366 e. The Bertz CT molecular complexity index is 1500. The molecule has 0 aliphatic carbocycles. The zero-order chi connectivity index (χ0) is 25.4. The van der Waals surface area contributed by atoms with Gasteiger partial charge in [0.2, 0.25) is 5.91 Å². The van der Waals surface area contributed by atoms with Crippen LogP contribution >= 0.6 is 0 Å². The van der Waals surface area contributed by atoms with Gasteiger partial charge < -0.3 is 14.4 Å². The first-order valence-corrected chi connectivity index (χ1v) is 12.3. The van der Waals surface area contributed by atoms with Gasteiger partial charge in [-0.2, -0.15) is 9.61 Å². The first-order valence-electron chi connectivity index (χ1n) is 12.3. The maximum absolute atomic E-state index is 14.1. The maximum Gasteiger partial charge on any atom is 0.277 e. The topological polar surface area (TPSA) is 62.9 Å². The van der Waals surface area contributed by atoms with E-state index in [2.05, 4.69) is 5.10 Å². The van der Waals surface area contributed by atoms with Gasteiger partial charge in [-0.3, -0.25) is 9.59 Å². The van der Waals surface area contributed by atoms with E-state index in [-0.39, 0.29) is 23.7 Å². The molecule has 5 rings (SSSR count). The highest BCUT2D eigenvalue weighted by Crippen LogP contribution is 2.24. The summed E-state index contributed by atoms with van der Waals surface area (Å²) in [5.74, 6) is -0.242. The van der Waals surface area contributed by atoms with Gasteiger partial charge in [-0.25, -0.2) is 4.39 Å². The monoisotopic (exact) mass is 487 g/mol. The SMILES string of the molecule is Cc1ccccc1-c1cc2n(C)c(C)c(CCC(=O)N3CCN(c4ccccc4F)CC3)c(=O)n2n1. The average molecular weight is 488 g/mol. The average Bonchev–Trinajstić information content (AvgIpc) is 3.34. The van der Waals surface area contributed by atoms with E-state index in [4.69, 9.17) is 0 Å². The highest BCUT2D eigenvalue weighted by atomic mass is 19.1. The molecule has 7 nitrogen and oxygen atoms in total. The van der Waals surface area contributed by atoms with Crippen LogP contribution in [0.5, 0.6) is 0 Å². The van der Waals surface area contributed by atoms with Crippen LogP contribution < -0.4 is 10.5 Å². The molecule has 0 unspecified atom stereocenters. The second-order valence-electron chi connectivity index (χ2n) is 9.36. The van der Waals surface area contributed by atoms with Crippen molar-refractivity contribution in [3.63, 3.8) is 0 Å². The van der Waals surface area contributed by atoms with Crippen LogP contribution in [0.3, 0.4) is 0 Å². The number of carbonyl (C=O) groups excluding carboxylic acids is 1. The van der Waals surface area contributed by atoms with Gasteiger partial charge in [-0.15, -0.1) is 0 Å². The number of fused-ring (bicyclic) bond motifs is 1. The van der Waals surface area contributed by atoms with Gasteiger partial charge in [-0.05, 0) is 38.0 Å². The minimum absolute atomic E-state index is 0.00537. The van der Waals surface area contributed by atoms with Crippen molar-refractivity contribution < 1.29 is 9.18 Å². The smallest absolute Gasteiger partial charge is 0.277 e. The summed E-state index contributed by atoms with van der Waals surface area (Å²) in [4.78, 5) is 30.1. The van der Waals surface area contributed by atoms with Gasteiger partial charge in [-0.1, -0.05) is 36.4 Å². The number of piperazine rings is 1. The molecular weight excluding hydrogens is 457 g/mol. The number of anilines is 1. The lowest BCUT2D eigenvalue weighted by Gasteiger charge is -2.36. The molecule has 2 aromatic heterocycles. The summed E-state index contributed by atoms with van der Waals surface area (Å²) in [5.41, 5.74) is 5.37. The van der Waals surface area contributed by atoms with Crippen LogP contribution in [0, 0.1) is 19.7 Å². The Morgan fingerprint density at radius 3 is 2.42 bits per heavy atom. The Kier molecular flexibility index (Phi) is 6.35. The Labute approximate surface area is 209 Å². The molecule has 4 aromatic rings. The summed E-state index contributed by atoms with van der Waals surface area (Å²) in [6, 6.07) is 16.6. The van der Waals surface area contributed by atoms with Crippen LogP contribution in [0.4, 0.5) is 10.1 Å². The molecule has 1 saturated heterocycles. The highest BCUT2D eigenvalue weighted by molar-refractivity contribution is 5.77. The molecule has 1 amide bonds. The molecule has 0 bridgehead atoms. The van der Waals surface area contributed by atoms with Crippen molar-refractivity contribution in [3.05, 3.63) is 87.6 Å². The molecule has 0 spiro atoms. The number of amides is 1. The number of nitrogens with zero attached hydrogens (tertiary/aromatic N) is 5. The number of aryl methyl sites for hydroxylation is 2. The number of hydrogen-bond donors (Lipinski definition) is 0. The van der Waals surface area contributed by atoms with E-state index in [0.717, 1.165) is 28.2 Å². The number of benzene rings is 2. The molecule has 2 aromatic carbocycles. The predicted molar refractivity (Wildman–Crippen MR) is 139 cm³/mol.